The second kappa shape index (κ2) is 6.35. The molecule has 0 aromatic heterocycles. The lowest BCUT2D eigenvalue weighted by Crippen LogP contribution is -2.12. The van der Waals surface area contributed by atoms with Gasteiger partial charge in [0, 0.05) is 4.90 Å². The second-order valence-corrected chi connectivity index (χ2v) is 3.97. The first-order valence-corrected chi connectivity index (χ1v) is 6.15. The van der Waals surface area contributed by atoms with Crippen LogP contribution >= 0.6 is 23.7 Å². The zero-order valence-corrected chi connectivity index (χ0v) is 9.73. The third-order valence-electron chi connectivity index (χ3n) is 1.56. The number of benzene rings is 1. The maximum atomic E-state index is 8.45. The Morgan fingerprint density at radius 1 is 1.47 bits per heavy atom. The molecule has 3 N–H and O–H groups in total. The smallest absolute Gasteiger partial charge is 0.183 e. The highest BCUT2D eigenvalue weighted by Crippen LogP contribution is 2.18. The van der Waals surface area contributed by atoms with E-state index in [9.17, 15) is 0 Å². The normalized spacial score (nSPS) is 10.9. The van der Waals surface area contributed by atoms with Crippen LogP contribution in [0.15, 0.2) is 34.2 Å². The van der Waals surface area contributed by atoms with E-state index in [1.165, 1.54) is 23.7 Å². The molecule has 0 aliphatic heterocycles. The maximum Gasteiger partial charge on any atom is 0.183 e. The summed E-state index contributed by atoms with van der Waals surface area (Å²) < 4.78 is 0. The van der Waals surface area contributed by atoms with E-state index in [4.69, 9.17) is 10.4 Å². The van der Waals surface area contributed by atoms with Crippen molar-refractivity contribution < 1.29 is 0 Å². The van der Waals surface area contributed by atoms with Crippen molar-refractivity contribution in [2.24, 2.45) is 10.1 Å². The summed E-state index contributed by atoms with van der Waals surface area (Å²) in [6, 6.07) is 7.47. The highest BCUT2D eigenvalue weighted by molar-refractivity contribution is 8.13. The molecule has 0 spiro atoms. The summed E-state index contributed by atoms with van der Waals surface area (Å²) >= 11 is 2.58. The highest BCUT2D eigenvalue weighted by Gasteiger charge is 1.96. The summed E-state index contributed by atoms with van der Waals surface area (Å²) in [4.78, 5) is 5.22. The SMILES string of the molecule is CSC(=Nc1ccc(SN)cc1)NC#N. The monoisotopic (exact) mass is 238 g/mol. The van der Waals surface area contributed by atoms with Crippen LogP contribution in [0.2, 0.25) is 0 Å². The quantitative estimate of drug-likeness (QED) is 0.271. The summed E-state index contributed by atoms with van der Waals surface area (Å²) in [5.41, 5.74) is 0.792. The summed E-state index contributed by atoms with van der Waals surface area (Å²) in [5, 5.41) is 16.9. The van der Waals surface area contributed by atoms with E-state index in [1.54, 1.807) is 0 Å². The van der Waals surface area contributed by atoms with Gasteiger partial charge in [0.15, 0.2) is 11.4 Å². The van der Waals surface area contributed by atoms with Gasteiger partial charge in [-0.15, -0.1) is 0 Å². The minimum atomic E-state index is 0.575. The van der Waals surface area contributed by atoms with Crippen LogP contribution in [0.25, 0.3) is 0 Å². The molecule has 0 amide bonds. The molecule has 4 nitrogen and oxygen atoms in total. The Bertz CT molecular complexity index is 380. The van der Waals surface area contributed by atoms with Crippen LogP contribution in [0.1, 0.15) is 0 Å². The van der Waals surface area contributed by atoms with E-state index < -0.39 is 0 Å². The molecule has 6 heteroatoms. The van der Waals surface area contributed by atoms with Crippen molar-refractivity contribution in [1.29, 1.82) is 5.26 Å². The van der Waals surface area contributed by atoms with Crippen molar-refractivity contribution in [2.45, 2.75) is 4.90 Å². The van der Waals surface area contributed by atoms with E-state index in [0.29, 0.717) is 5.17 Å². The van der Waals surface area contributed by atoms with Crippen LogP contribution in [0.5, 0.6) is 0 Å². The molecule has 78 valence electrons. The fourth-order valence-corrected chi connectivity index (χ4v) is 1.53. The Hall–Kier alpha value is -1.16. The molecular weight excluding hydrogens is 228 g/mol. The Labute approximate surface area is 97.1 Å². The molecule has 0 atom stereocenters. The lowest BCUT2D eigenvalue weighted by molar-refractivity contribution is 1.28. The van der Waals surface area contributed by atoms with Crippen LogP contribution in [-0.4, -0.2) is 11.4 Å². The zero-order valence-electron chi connectivity index (χ0n) is 8.10. The van der Waals surface area contributed by atoms with Gasteiger partial charge in [-0.25, -0.2) is 4.99 Å². The van der Waals surface area contributed by atoms with Crippen molar-refractivity contribution >= 4 is 34.6 Å². The first-order valence-electron chi connectivity index (χ1n) is 4.04. The maximum absolute atomic E-state index is 8.45. The van der Waals surface area contributed by atoms with Gasteiger partial charge in [0.25, 0.3) is 0 Å². The lowest BCUT2D eigenvalue weighted by Gasteiger charge is -2.00. The molecule has 0 radical (unpaired) electrons. The number of aliphatic imine (C=N–C) groups is 1. The Balaban J connectivity index is 2.83. The van der Waals surface area contributed by atoms with Gasteiger partial charge in [0.2, 0.25) is 0 Å². The van der Waals surface area contributed by atoms with Crippen molar-refractivity contribution in [3.63, 3.8) is 0 Å². The molecule has 0 bridgehead atoms. The molecule has 1 aromatic carbocycles. The number of thioether (sulfide) groups is 1. The first kappa shape index (κ1) is 11.9. The van der Waals surface area contributed by atoms with E-state index in [0.717, 1.165) is 10.6 Å². The number of nitrogens with one attached hydrogen (secondary N) is 1. The number of hydrogen-bond acceptors (Lipinski definition) is 5. The summed E-state index contributed by atoms with van der Waals surface area (Å²) in [7, 11) is 0. The zero-order chi connectivity index (χ0) is 11.1. The summed E-state index contributed by atoms with van der Waals surface area (Å²) in [6.07, 6.45) is 3.69. The fourth-order valence-electron chi connectivity index (χ4n) is 0.889. The minimum Gasteiger partial charge on any atom is -0.274 e. The van der Waals surface area contributed by atoms with Gasteiger partial charge in [-0.3, -0.25) is 10.5 Å². The number of nitriles is 1. The van der Waals surface area contributed by atoms with E-state index in [1.807, 2.05) is 36.7 Å². The van der Waals surface area contributed by atoms with E-state index in [2.05, 4.69) is 10.3 Å². The molecule has 1 aromatic rings. The first-order chi connectivity index (χ1) is 7.30. The van der Waals surface area contributed by atoms with E-state index >= 15 is 0 Å². The molecule has 0 saturated carbocycles. The Morgan fingerprint density at radius 2 is 2.13 bits per heavy atom. The molecule has 0 aliphatic rings. The lowest BCUT2D eigenvalue weighted by atomic mass is 10.3. The second-order valence-electron chi connectivity index (χ2n) is 2.47. The topological polar surface area (TPSA) is 74.2 Å². The Morgan fingerprint density at radius 3 is 2.60 bits per heavy atom. The standard InChI is InChI=1S/C9H10N4S2/c1-14-9(12-6-10)13-7-2-4-8(15-11)5-3-7/h2-5H,11H2,1H3,(H,12,13). The summed E-state index contributed by atoms with van der Waals surface area (Å²) in [5.74, 6) is 0. The Kier molecular flexibility index (Phi) is 5.04. The van der Waals surface area contributed by atoms with Crippen LogP contribution in [0.4, 0.5) is 5.69 Å². The predicted molar refractivity (Wildman–Crippen MR) is 65.8 cm³/mol. The summed E-state index contributed by atoms with van der Waals surface area (Å²) in [6.45, 7) is 0. The third kappa shape index (κ3) is 3.83. The van der Waals surface area contributed by atoms with Gasteiger partial charge < -0.3 is 0 Å². The van der Waals surface area contributed by atoms with Gasteiger partial charge in [-0.1, -0.05) is 11.8 Å². The minimum absolute atomic E-state index is 0.575. The van der Waals surface area contributed by atoms with Gasteiger partial charge in [0.1, 0.15) is 0 Å². The number of amidine groups is 1. The van der Waals surface area contributed by atoms with Crippen LogP contribution in [0.3, 0.4) is 0 Å². The molecule has 0 heterocycles. The molecule has 15 heavy (non-hydrogen) atoms. The fraction of sp³-hybridized carbons (Fsp3) is 0.111. The number of hydrogen-bond donors (Lipinski definition) is 2. The van der Waals surface area contributed by atoms with Crippen LogP contribution < -0.4 is 10.5 Å². The molecule has 1 rings (SSSR count). The largest absolute Gasteiger partial charge is 0.274 e. The molecular formula is C9H10N4S2. The third-order valence-corrected chi connectivity index (χ3v) is 2.68. The van der Waals surface area contributed by atoms with Gasteiger partial charge in [-0.2, -0.15) is 5.26 Å². The van der Waals surface area contributed by atoms with Crippen LogP contribution in [0, 0.1) is 11.5 Å². The number of nitrogens with two attached hydrogens (primary N) is 1. The van der Waals surface area contributed by atoms with Gasteiger partial charge >= 0.3 is 0 Å². The number of nitrogens with zero attached hydrogens (tertiary/aromatic N) is 2. The molecule has 0 unspecified atom stereocenters. The molecule has 0 aliphatic carbocycles. The van der Waals surface area contributed by atoms with Crippen molar-refractivity contribution in [1.82, 2.24) is 5.32 Å². The van der Waals surface area contributed by atoms with Gasteiger partial charge in [0.05, 0.1) is 5.69 Å². The molecule has 0 fully saturated rings. The van der Waals surface area contributed by atoms with Gasteiger partial charge in [-0.05, 0) is 42.5 Å². The van der Waals surface area contributed by atoms with Crippen molar-refractivity contribution in [2.75, 3.05) is 6.26 Å². The predicted octanol–water partition coefficient (Wildman–Crippen LogP) is 2.07. The molecule has 0 saturated heterocycles. The highest BCUT2D eigenvalue weighted by atomic mass is 32.2. The van der Waals surface area contributed by atoms with Crippen molar-refractivity contribution in [3.05, 3.63) is 24.3 Å². The van der Waals surface area contributed by atoms with Crippen molar-refractivity contribution in [3.8, 4) is 6.19 Å². The van der Waals surface area contributed by atoms with Crippen LogP contribution in [-0.2, 0) is 0 Å². The van der Waals surface area contributed by atoms with E-state index in [-0.39, 0.29) is 0 Å². The average molecular weight is 238 g/mol. The average Bonchev–Trinajstić information content (AvgIpc) is 2.29. The number of rotatable bonds is 2.